The molecule has 2 heterocycles. The number of unbranched alkanes of at least 4 members (excludes halogenated alkanes) is 1. The van der Waals surface area contributed by atoms with Crippen LogP contribution in [0.15, 0.2) is 4.99 Å². The van der Waals surface area contributed by atoms with Gasteiger partial charge in [0.25, 0.3) is 5.91 Å². The minimum Gasteiger partial charge on any atom is -0.369 e. The van der Waals surface area contributed by atoms with Gasteiger partial charge in [-0.15, -0.1) is 0 Å². The molecule has 8 nitrogen and oxygen atoms in total. The second kappa shape index (κ2) is 6.33. The molecule has 9 heteroatoms. The number of primary amides is 1. The number of nitrogens with one attached hydrogen (secondary N) is 1. The maximum atomic E-state index is 12.1. The molecule has 1 saturated heterocycles. The summed E-state index contributed by atoms with van der Waals surface area (Å²) in [6.45, 7) is 2.70. The topological polar surface area (TPSA) is 108 Å². The Kier molecular flexibility index (Phi) is 4.71. The van der Waals surface area contributed by atoms with E-state index in [9.17, 15) is 14.4 Å². The Morgan fingerprint density at radius 2 is 2.19 bits per heavy atom. The lowest BCUT2D eigenvalue weighted by Crippen LogP contribution is -2.63. The molecular weight excluding hydrogens is 294 g/mol. The third kappa shape index (κ3) is 3.12. The van der Waals surface area contributed by atoms with Gasteiger partial charge in [-0.2, -0.15) is 0 Å². The first kappa shape index (κ1) is 15.6. The Labute approximate surface area is 127 Å². The van der Waals surface area contributed by atoms with Crippen LogP contribution in [-0.4, -0.2) is 64.4 Å². The highest BCUT2D eigenvalue weighted by Crippen LogP contribution is 2.28. The first-order valence-corrected chi connectivity index (χ1v) is 7.77. The zero-order valence-electron chi connectivity index (χ0n) is 12.0. The van der Waals surface area contributed by atoms with Crippen LogP contribution in [0.1, 0.15) is 19.8 Å². The molecule has 1 fully saturated rings. The second-order valence-corrected chi connectivity index (χ2v) is 5.92. The van der Waals surface area contributed by atoms with Crippen LogP contribution in [0.2, 0.25) is 0 Å². The van der Waals surface area contributed by atoms with Crippen molar-refractivity contribution in [2.45, 2.75) is 32.0 Å². The predicted octanol–water partition coefficient (Wildman–Crippen LogP) is -0.447. The molecule has 0 aromatic heterocycles. The summed E-state index contributed by atoms with van der Waals surface area (Å²) < 4.78 is 0. The molecule has 0 radical (unpaired) electrons. The lowest BCUT2D eigenvalue weighted by Gasteiger charge is -2.36. The number of carbonyl (C=O) groups excluding carboxylic acids is 3. The number of nitrogens with two attached hydrogens (primary N) is 1. The van der Waals surface area contributed by atoms with E-state index in [4.69, 9.17) is 5.73 Å². The van der Waals surface area contributed by atoms with Crippen molar-refractivity contribution in [3.63, 3.8) is 0 Å². The van der Waals surface area contributed by atoms with Crippen LogP contribution in [0.5, 0.6) is 0 Å². The third-order valence-electron chi connectivity index (χ3n) is 3.42. The molecule has 0 aromatic carbocycles. The molecule has 2 atom stereocenters. The van der Waals surface area contributed by atoms with Crippen molar-refractivity contribution < 1.29 is 14.4 Å². The van der Waals surface area contributed by atoms with Crippen LogP contribution < -0.4 is 11.1 Å². The molecule has 3 N–H and O–H groups in total. The lowest BCUT2D eigenvalue weighted by molar-refractivity contribution is -0.127. The van der Waals surface area contributed by atoms with E-state index in [0.29, 0.717) is 11.7 Å². The van der Waals surface area contributed by atoms with E-state index < -0.39 is 24.1 Å². The molecule has 0 aliphatic carbocycles. The molecule has 116 valence electrons. The normalized spacial score (nSPS) is 24.8. The fourth-order valence-electron chi connectivity index (χ4n) is 2.32. The Morgan fingerprint density at radius 1 is 1.48 bits per heavy atom. The predicted molar refractivity (Wildman–Crippen MR) is 79.6 cm³/mol. The van der Waals surface area contributed by atoms with E-state index in [2.05, 4.69) is 17.2 Å². The van der Waals surface area contributed by atoms with Crippen LogP contribution in [0, 0.1) is 0 Å². The van der Waals surface area contributed by atoms with Crippen LogP contribution in [0.25, 0.3) is 0 Å². The van der Waals surface area contributed by atoms with Gasteiger partial charge >= 0.3 is 6.03 Å². The number of amidine groups is 1. The third-order valence-corrected chi connectivity index (χ3v) is 4.45. The first-order valence-electron chi connectivity index (χ1n) is 6.79. The van der Waals surface area contributed by atoms with Crippen LogP contribution in [0.3, 0.4) is 0 Å². The minimum absolute atomic E-state index is 0.0974. The zero-order chi connectivity index (χ0) is 15.6. The largest absolute Gasteiger partial charge is 0.369 e. The fourth-order valence-corrected chi connectivity index (χ4v) is 3.14. The highest BCUT2D eigenvalue weighted by Gasteiger charge is 2.48. The van der Waals surface area contributed by atoms with Crippen molar-refractivity contribution in [1.29, 1.82) is 0 Å². The van der Waals surface area contributed by atoms with Crippen LogP contribution in [-0.2, 0) is 9.59 Å². The van der Waals surface area contributed by atoms with Gasteiger partial charge in [0, 0.05) is 13.6 Å². The average Bonchev–Trinajstić information content (AvgIpc) is 2.79. The Bertz CT molecular complexity index is 495. The minimum atomic E-state index is -0.543. The van der Waals surface area contributed by atoms with E-state index in [1.165, 1.54) is 16.7 Å². The molecule has 2 unspecified atom stereocenters. The first-order chi connectivity index (χ1) is 9.95. The summed E-state index contributed by atoms with van der Waals surface area (Å²) in [5, 5.41) is 2.92. The number of urea groups is 1. The molecule has 0 bridgehead atoms. The number of aliphatic imine (C=N–C) groups is 1. The summed E-state index contributed by atoms with van der Waals surface area (Å²) in [6, 6.07) is -0.990. The van der Waals surface area contributed by atoms with E-state index in [1.54, 1.807) is 7.05 Å². The van der Waals surface area contributed by atoms with Crippen LogP contribution in [0.4, 0.5) is 4.79 Å². The monoisotopic (exact) mass is 313 g/mol. The summed E-state index contributed by atoms with van der Waals surface area (Å²) in [6.07, 6.45) is 1.32. The van der Waals surface area contributed by atoms with E-state index in [-0.39, 0.29) is 11.7 Å². The smallest absolute Gasteiger partial charge is 0.325 e. The molecule has 2 aliphatic heterocycles. The molecule has 0 spiro atoms. The van der Waals surface area contributed by atoms with Gasteiger partial charge in [0.1, 0.15) is 0 Å². The Hall–Kier alpha value is -1.77. The second-order valence-electron chi connectivity index (χ2n) is 4.98. The molecule has 0 aromatic rings. The van der Waals surface area contributed by atoms with Gasteiger partial charge in [0.2, 0.25) is 5.91 Å². The van der Waals surface area contributed by atoms with Crippen molar-refractivity contribution in [2.75, 3.05) is 19.3 Å². The van der Waals surface area contributed by atoms with Crippen LogP contribution >= 0.6 is 11.8 Å². The van der Waals surface area contributed by atoms with Gasteiger partial charge in [0.15, 0.2) is 17.4 Å². The number of likely N-dealkylation sites (N-methyl/N-ethyl adjacent to an activating group) is 1. The highest BCUT2D eigenvalue weighted by molar-refractivity contribution is 8.14. The number of amides is 4. The van der Waals surface area contributed by atoms with Gasteiger partial charge < -0.3 is 15.5 Å². The molecular formula is C12H19N5O3S. The van der Waals surface area contributed by atoms with Crippen molar-refractivity contribution in [2.24, 2.45) is 10.7 Å². The van der Waals surface area contributed by atoms with Gasteiger partial charge in [-0.05, 0) is 6.42 Å². The molecule has 4 amide bonds. The van der Waals surface area contributed by atoms with E-state index in [1.807, 2.05) is 4.90 Å². The average molecular weight is 313 g/mol. The quantitative estimate of drug-likeness (QED) is 0.715. The zero-order valence-corrected chi connectivity index (χ0v) is 12.9. The van der Waals surface area contributed by atoms with E-state index in [0.717, 1.165) is 12.8 Å². The highest BCUT2D eigenvalue weighted by atomic mass is 32.2. The Balaban J connectivity index is 2.22. The number of hydrogen-bond donors (Lipinski definition) is 2. The van der Waals surface area contributed by atoms with Gasteiger partial charge in [0.05, 0.1) is 5.75 Å². The summed E-state index contributed by atoms with van der Waals surface area (Å²) in [5.41, 5.74) is 5.16. The Morgan fingerprint density at radius 3 is 2.81 bits per heavy atom. The molecule has 0 saturated carbocycles. The van der Waals surface area contributed by atoms with Crippen molar-refractivity contribution >= 4 is 34.8 Å². The lowest BCUT2D eigenvalue weighted by atomic mass is 10.1. The summed E-state index contributed by atoms with van der Waals surface area (Å²) in [5.74, 6) is -0.695. The standard InChI is InChI=1S/C12H19N5O3S/c1-3-4-5-17-8-9(14-12(17)21-6-7(13)18)16(2)11(20)15-10(8)19/h8-9H,3-6H2,1-2H3,(H2,13,18)(H,15,19,20). The molecule has 21 heavy (non-hydrogen) atoms. The van der Waals surface area contributed by atoms with Crippen molar-refractivity contribution in [3.8, 4) is 0 Å². The van der Waals surface area contributed by atoms with Crippen molar-refractivity contribution in [1.82, 2.24) is 15.1 Å². The number of fused-ring (bicyclic) bond motifs is 1. The maximum absolute atomic E-state index is 12.1. The SMILES string of the molecule is CCCCN1C(SCC(N)=O)=NC2C1C(=O)NC(=O)N2C. The van der Waals surface area contributed by atoms with Crippen molar-refractivity contribution in [3.05, 3.63) is 0 Å². The summed E-state index contributed by atoms with van der Waals surface area (Å²) in [7, 11) is 1.60. The number of carbonyl (C=O) groups is 3. The molecule has 2 aliphatic rings. The summed E-state index contributed by atoms with van der Waals surface area (Å²) >= 11 is 1.21. The van der Waals surface area contributed by atoms with E-state index >= 15 is 0 Å². The number of hydrogen-bond acceptors (Lipinski definition) is 6. The van der Waals surface area contributed by atoms with Gasteiger partial charge in [-0.3, -0.25) is 14.9 Å². The summed E-state index contributed by atoms with van der Waals surface area (Å²) in [4.78, 5) is 42.4. The maximum Gasteiger partial charge on any atom is 0.325 e. The number of rotatable bonds is 5. The van der Waals surface area contributed by atoms with Gasteiger partial charge in [-0.1, -0.05) is 25.1 Å². The number of thioether (sulfide) groups is 1. The van der Waals surface area contributed by atoms with Gasteiger partial charge in [-0.25, -0.2) is 9.79 Å². The fraction of sp³-hybridized carbons (Fsp3) is 0.667. The number of imide groups is 1. The molecule has 2 rings (SSSR count). The number of nitrogens with zero attached hydrogens (tertiary/aromatic N) is 3.